The highest BCUT2D eigenvalue weighted by molar-refractivity contribution is 5.97. The van der Waals surface area contributed by atoms with Gasteiger partial charge in [0.25, 0.3) is 0 Å². The van der Waals surface area contributed by atoms with Gasteiger partial charge in [-0.1, -0.05) is 24.6 Å². The summed E-state index contributed by atoms with van der Waals surface area (Å²) in [7, 11) is 0. The molecule has 6 nitrogen and oxygen atoms in total. The van der Waals surface area contributed by atoms with E-state index in [4.69, 9.17) is 9.26 Å². The van der Waals surface area contributed by atoms with Gasteiger partial charge >= 0.3 is 0 Å². The molecule has 1 atom stereocenters. The molecule has 1 aliphatic heterocycles. The molecule has 7 heteroatoms. The van der Waals surface area contributed by atoms with E-state index in [1.807, 2.05) is 24.3 Å². The minimum absolute atomic E-state index is 0.0815. The fourth-order valence-corrected chi connectivity index (χ4v) is 3.55. The summed E-state index contributed by atoms with van der Waals surface area (Å²) in [5.74, 6) is 1.06. The monoisotopic (exact) mass is 409 g/mol. The topological polar surface area (TPSA) is 68.5 Å². The average molecular weight is 409 g/mol. The van der Waals surface area contributed by atoms with Crippen LogP contribution in [0, 0.1) is 12.7 Å². The Kier molecular flexibility index (Phi) is 5.79. The van der Waals surface area contributed by atoms with Crippen molar-refractivity contribution in [3.8, 4) is 17.1 Å². The number of ether oxygens (including phenoxy) is 1. The van der Waals surface area contributed by atoms with Crippen molar-refractivity contribution in [2.45, 2.75) is 39.0 Å². The minimum atomic E-state index is -0.328. The molecule has 1 amide bonds. The molecular formula is C23H24FN3O3. The SMILES string of the molecule is CCCCOc1ccc(-c2noc(C3CC(=O)N(c4cccc(F)c4C)C3)n2)cc1. The summed E-state index contributed by atoms with van der Waals surface area (Å²) >= 11 is 0. The van der Waals surface area contributed by atoms with Gasteiger partial charge in [-0.2, -0.15) is 4.98 Å². The molecule has 0 spiro atoms. The number of carbonyl (C=O) groups is 1. The maximum absolute atomic E-state index is 13.9. The molecule has 0 bridgehead atoms. The van der Waals surface area contributed by atoms with E-state index < -0.39 is 0 Å². The number of benzene rings is 2. The Bertz CT molecular complexity index is 1030. The van der Waals surface area contributed by atoms with Crippen LogP contribution in [-0.4, -0.2) is 29.2 Å². The molecule has 1 fully saturated rings. The summed E-state index contributed by atoms with van der Waals surface area (Å²) in [5.41, 5.74) is 1.86. The molecule has 4 rings (SSSR count). The maximum atomic E-state index is 13.9. The lowest BCUT2D eigenvalue weighted by Gasteiger charge is -2.18. The number of hydrogen-bond acceptors (Lipinski definition) is 5. The maximum Gasteiger partial charge on any atom is 0.232 e. The summed E-state index contributed by atoms with van der Waals surface area (Å²) in [5, 5.41) is 4.07. The molecule has 1 aromatic heterocycles. The van der Waals surface area contributed by atoms with Crippen LogP contribution in [0.3, 0.4) is 0 Å². The van der Waals surface area contributed by atoms with E-state index in [1.165, 1.54) is 6.07 Å². The van der Waals surface area contributed by atoms with Crippen LogP contribution in [0.2, 0.25) is 0 Å². The first-order valence-corrected chi connectivity index (χ1v) is 10.2. The molecule has 2 heterocycles. The van der Waals surface area contributed by atoms with Crippen LogP contribution >= 0.6 is 0 Å². The lowest BCUT2D eigenvalue weighted by Crippen LogP contribution is -2.25. The first-order valence-electron chi connectivity index (χ1n) is 10.2. The summed E-state index contributed by atoms with van der Waals surface area (Å²) in [6.07, 6.45) is 2.35. The van der Waals surface area contributed by atoms with Crippen LogP contribution in [0.5, 0.6) is 5.75 Å². The van der Waals surface area contributed by atoms with Crippen LogP contribution in [0.4, 0.5) is 10.1 Å². The second-order valence-electron chi connectivity index (χ2n) is 7.47. The van der Waals surface area contributed by atoms with Crippen LogP contribution in [0.1, 0.15) is 43.6 Å². The molecule has 156 valence electrons. The van der Waals surface area contributed by atoms with E-state index in [0.29, 0.717) is 36.1 Å². The summed E-state index contributed by atoms with van der Waals surface area (Å²) < 4.78 is 25.0. The molecule has 2 aromatic carbocycles. The smallest absolute Gasteiger partial charge is 0.232 e. The molecule has 1 unspecified atom stereocenters. The van der Waals surface area contributed by atoms with Gasteiger partial charge in [0.2, 0.25) is 17.6 Å². The first-order chi connectivity index (χ1) is 14.6. The van der Waals surface area contributed by atoms with E-state index in [1.54, 1.807) is 24.0 Å². The fourth-order valence-electron chi connectivity index (χ4n) is 3.55. The summed E-state index contributed by atoms with van der Waals surface area (Å²) in [6.45, 7) is 4.87. The van der Waals surface area contributed by atoms with E-state index in [9.17, 15) is 9.18 Å². The highest BCUT2D eigenvalue weighted by Gasteiger charge is 2.36. The summed E-state index contributed by atoms with van der Waals surface area (Å²) in [6, 6.07) is 12.3. The zero-order valence-electron chi connectivity index (χ0n) is 17.1. The third-order valence-electron chi connectivity index (χ3n) is 5.33. The first kappa shape index (κ1) is 20.1. The van der Waals surface area contributed by atoms with Crippen LogP contribution < -0.4 is 9.64 Å². The number of hydrogen-bond donors (Lipinski definition) is 0. The lowest BCUT2D eigenvalue weighted by molar-refractivity contribution is -0.117. The second kappa shape index (κ2) is 8.65. The van der Waals surface area contributed by atoms with Crippen molar-refractivity contribution in [1.29, 1.82) is 0 Å². The Balaban J connectivity index is 1.47. The molecule has 0 saturated carbocycles. The number of halogens is 1. The van der Waals surface area contributed by atoms with Gasteiger partial charge in [0.15, 0.2) is 0 Å². The second-order valence-corrected chi connectivity index (χ2v) is 7.47. The van der Waals surface area contributed by atoms with Crippen molar-refractivity contribution in [3.05, 3.63) is 59.7 Å². The van der Waals surface area contributed by atoms with Crippen LogP contribution in [0.15, 0.2) is 47.0 Å². The molecule has 0 N–H and O–H groups in total. The molecule has 30 heavy (non-hydrogen) atoms. The quantitative estimate of drug-likeness (QED) is 0.520. The largest absolute Gasteiger partial charge is 0.494 e. The number of unbranched alkanes of at least 4 members (excludes halogenated alkanes) is 1. The molecule has 0 aliphatic carbocycles. The predicted octanol–water partition coefficient (Wildman–Crippen LogP) is 4.88. The van der Waals surface area contributed by atoms with Gasteiger partial charge in [-0.3, -0.25) is 4.79 Å². The average Bonchev–Trinajstić information content (AvgIpc) is 3.38. The van der Waals surface area contributed by atoms with Crippen LogP contribution in [-0.2, 0) is 4.79 Å². The van der Waals surface area contributed by atoms with Gasteiger partial charge in [0.1, 0.15) is 11.6 Å². The standard InChI is InChI=1S/C23H24FN3O3/c1-3-4-12-29-18-10-8-16(9-11-18)22-25-23(30-26-22)17-13-21(28)27(14-17)20-7-5-6-19(24)15(20)2/h5-11,17H,3-4,12-14H2,1-2H3. The van der Waals surface area contributed by atoms with Crippen LogP contribution in [0.25, 0.3) is 11.4 Å². The highest BCUT2D eigenvalue weighted by atomic mass is 19.1. The molecule has 0 radical (unpaired) electrons. The Morgan fingerprint density at radius 2 is 2.03 bits per heavy atom. The van der Waals surface area contributed by atoms with Gasteiger partial charge < -0.3 is 14.2 Å². The summed E-state index contributed by atoms with van der Waals surface area (Å²) in [4.78, 5) is 18.6. The normalized spacial score (nSPS) is 16.3. The number of amides is 1. The molecule has 3 aromatic rings. The van der Waals surface area contributed by atoms with E-state index in [-0.39, 0.29) is 24.1 Å². The predicted molar refractivity (Wildman–Crippen MR) is 111 cm³/mol. The van der Waals surface area contributed by atoms with Crippen molar-refractivity contribution in [2.75, 3.05) is 18.1 Å². The van der Waals surface area contributed by atoms with Crippen molar-refractivity contribution < 1.29 is 18.4 Å². The zero-order chi connectivity index (χ0) is 21.1. The number of anilines is 1. The number of aromatic nitrogens is 2. The molecular weight excluding hydrogens is 385 g/mol. The Morgan fingerprint density at radius 1 is 1.23 bits per heavy atom. The van der Waals surface area contributed by atoms with Gasteiger partial charge in [0, 0.05) is 29.8 Å². The minimum Gasteiger partial charge on any atom is -0.494 e. The van der Waals surface area contributed by atoms with E-state index >= 15 is 0 Å². The van der Waals surface area contributed by atoms with E-state index in [0.717, 1.165) is 24.2 Å². The zero-order valence-corrected chi connectivity index (χ0v) is 17.1. The third-order valence-corrected chi connectivity index (χ3v) is 5.33. The van der Waals surface area contributed by atoms with Crippen molar-refractivity contribution >= 4 is 11.6 Å². The number of nitrogens with zero attached hydrogens (tertiary/aromatic N) is 3. The Labute approximate surface area is 174 Å². The van der Waals surface area contributed by atoms with Gasteiger partial charge in [0.05, 0.1) is 12.5 Å². The van der Waals surface area contributed by atoms with Gasteiger partial charge in [-0.05, 0) is 49.7 Å². The van der Waals surface area contributed by atoms with Gasteiger partial charge in [-0.25, -0.2) is 4.39 Å². The number of rotatable bonds is 7. The highest BCUT2D eigenvalue weighted by Crippen LogP contribution is 2.34. The number of carbonyl (C=O) groups excluding carboxylic acids is 1. The van der Waals surface area contributed by atoms with Crippen molar-refractivity contribution in [3.63, 3.8) is 0 Å². The van der Waals surface area contributed by atoms with E-state index in [2.05, 4.69) is 17.1 Å². The molecule has 1 saturated heterocycles. The van der Waals surface area contributed by atoms with Gasteiger partial charge in [-0.15, -0.1) is 0 Å². The Hall–Kier alpha value is -3.22. The fraction of sp³-hybridized carbons (Fsp3) is 0.348. The van der Waals surface area contributed by atoms with Crippen molar-refractivity contribution in [2.24, 2.45) is 0 Å². The Morgan fingerprint density at radius 3 is 2.80 bits per heavy atom. The lowest BCUT2D eigenvalue weighted by atomic mass is 10.1. The molecule has 1 aliphatic rings. The third kappa shape index (κ3) is 4.06. The van der Waals surface area contributed by atoms with Crippen molar-refractivity contribution in [1.82, 2.24) is 10.1 Å².